The minimum atomic E-state index is -0.0277. The second-order valence-corrected chi connectivity index (χ2v) is 7.23. The molecule has 2 aliphatic heterocycles. The zero-order chi connectivity index (χ0) is 17.8. The molecule has 1 N–H and O–H groups in total. The van der Waals surface area contributed by atoms with Crippen LogP contribution in [0.2, 0.25) is 0 Å². The van der Waals surface area contributed by atoms with Crippen molar-refractivity contribution < 1.29 is 13.9 Å². The predicted molar refractivity (Wildman–Crippen MR) is 98.5 cm³/mol. The minimum Gasteiger partial charge on any atom is -0.467 e. The van der Waals surface area contributed by atoms with E-state index in [2.05, 4.69) is 34.5 Å². The number of ether oxygens (including phenoxy) is 1. The zero-order valence-electron chi connectivity index (χ0n) is 15.0. The Balaban J connectivity index is 1.36. The van der Waals surface area contributed by atoms with Crippen LogP contribution in [0.4, 0.5) is 0 Å². The smallest absolute Gasteiger partial charge is 0.224 e. The standard InChI is InChI=1S/C21H26N2O3/c24-21(22-14-18-7-4-11-25-18)17-13-20-19(9-12-26-20)23(15-17)10-8-16-5-2-1-3-6-16/h1-7,11,17,19-20H,8-10,12-15H2,(H,22,24)/t17-,19+,20+/m0/s1. The number of amides is 1. The molecule has 138 valence electrons. The first-order valence-electron chi connectivity index (χ1n) is 9.49. The summed E-state index contributed by atoms with van der Waals surface area (Å²) in [6.45, 7) is 3.02. The Kier molecular flexibility index (Phi) is 5.37. The fraction of sp³-hybridized carbons (Fsp3) is 0.476. The first kappa shape index (κ1) is 17.3. The van der Waals surface area contributed by atoms with Crippen molar-refractivity contribution in [3.8, 4) is 0 Å². The van der Waals surface area contributed by atoms with Crippen LogP contribution in [-0.2, 0) is 22.5 Å². The predicted octanol–water partition coefficient (Wildman–Crippen LogP) is 2.62. The summed E-state index contributed by atoms with van der Waals surface area (Å²) in [6.07, 6.45) is 4.70. The highest BCUT2D eigenvalue weighted by Gasteiger charge is 2.41. The first-order chi connectivity index (χ1) is 12.8. The van der Waals surface area contributed by atoms with Gasteiger partial charge in [0.1, 0.15) is 5.76 Å². The normalized spacial score (nSPS) is 25.8. The summed E-state index contributed by atoms with van der Waals surface area (Å²) in [5.74, 6) is 0.852. The van der Waals surface area contributed by atoms with Crippen LogP contribution in [0.5, 0.6) is 0 Å². The van der Waals surface area contributed by atoms with E-state index in [1.165, 1.54) is 5.56 Å². The van der Waals surface area contributed by atoms with Gasteiger partial charge in [-0.25, -0.2) is 0 Å². The van der Waals surface area contributed by atoms with Gasteiger partial charge in [0, 0.05) is 25.7 Å². The lowest BCUT2D eigenvalue weighted by Gasteiger charge is -2.40. The minimum absolute atomic E-state index is 0.0277. The van der Waals surface area contributed by atoms with Gasteiger partial charge in [0.05, 0.1) is 24.8 Å². The van der Waals surface area contributed by atoms with E-state index in [-0.39, 0.29) is 17.9 Å². The van der Waals surface area contributed by atoms with E-state index in [4.69, 9.17) is 9.15 Å². The first-order valence-corrected chi connectivity index (χ1v) is 9.49. The fourth-order valence-electron chi connectivity index (χ4n) is 4.15. The van der Waals surface area contributed by atoms with Crippen LogP contribution in [0.25, 0.3) is 0 Å². The molecule has 0 unspecified atom stereocenters. The maximum atomic E-state index is 12.7. The van der Waals surface area contributed by atoms with Crippen LogP contribution >= 0.6 is 0 Å². The van der Waals surface area contributed by atoms with Crippen molar-refractivity contribution in [2.45, 2.75) is 38.0 Å². The average Bonchev–Trinajstić information content (AvgIpc) is 3.36. The third-order valence-electron chi connectivity index (χ3n) is 5.53. The van der Waals surface area contributed by atoms with Gasteiger partial charge in [-0.15, -0.1) is 0 Å². The number of fused-ring (bicyclic) bond motifs is 1. The molecule has 1 aromatic heterocycles. The number of nitrogens with zero attached hydrogens (tertiary/aromatic N) is 1. The number of benzene rings is 1. The van der Waals surface area contributed by atoms with Gasteiger partial charge in [0.25, 0.3) is 0 Å². The van der Waals surface area contributed by atoms with Gasteiger partial charge in [-0.3, -0.25) is 9.69 Å². The van der Waals surface area contributed by atoms with Gasteiger partial charge < -0.3 is 14.5 Å². The monoisotopic (exact) mass is 354 g/mol. The molecule has 0 spiro atoms. The van der Waals surface area contributed by atoms with Crippen LogP contribution in [0, 0.1) is 5.92 Å². The van der Waals surface area contributed by atoms with Crippen LogP contribution in [0.15, 0.2) is 53.1 Å². The maximum absolute atomic E-state index is 12.7. The Morgan fingerprint density at radius 3 is 2.88 bits per heavy atom. The van der Waals surface area contributed by atoms with E-state index in [1.54, 1.807) is 6.26 Å². The van der Waals surface area contributed by atoms with Crippen molar-refractivity contribution in [3.63, 3.8) is 0 Å². The molecule has 0 radical (unpaired) electrons. The van der Waals surface area contributed by atoms with E-state index in [0.717, 1.165) is 44.7 Å². The Bertz CT molecular complexity index is 701. The molecule has 5 heteroatoms. The highest BCUT2D eigenvalue weighted by atomic mass is 16.5. The molecule has 2 saturated heterocycles. The summed E-state index contributed by atoms with van der Waals surface area (Å²) in [6, 6.07) is 14.7. The number of carbonyl (C=O) groups is 1. The number of hydrogen-bond acceptors (Lipinski definition) is 4. The Morgan fingerprint density at radius 2 is 2.08 bits per heavy atom. The molecule has 0 saturated carbocycles. The number of rotatable bonds is 6. The molecule has 3 atom stereocenters. The summed E-state index contributed by atoms with van der Waals surface area (Å²) >= 11 is 0. The average molecular weight is 354 g/mol. The lowest BCUT2D eigenvalue weighted by Crippen LogP contribution is -2.53. The molecular formula is C21H26N2O3. The third-order valence-corrected chi connectivity index (χ3v) is 5.53. The van der Waals surface area contributed by atoms with Crippen LogP contribution in [-0.4, -0.2) is 42.6 Å². The van der Waals surface area contributed by atoms with E-state index in [1.807, 2.05) is 18.2 Å². The quantitative estimate of drug-likeness (QED) is 0.866. The maximum Gasteiger partial charge on any atom is 0.224 e. The number of likely N-dealkylation sites (tertiary alicyclic amines) is 1. The molecule has 3 heterocycles. The third kappa shape index (κ3) is 4.00. The van der Waals surface area contributed by atoms with Crippen LogP contribution in [0.3, 0.4) is 0 Å². The van der Waals surface area contributed by atoms with Crippen molar-refractivity contribution in [1.29, 1.82) is 0 Å². The van der Waals surface area contributed by atoms with Crippen molar-refractivity contribution in [2.75, 3.05) is 19.7 Å². The summed E-state index contributed by atoms with van der Waals surface area (Å²) in [7, 11) is 0. The highest BCUT2D eigenvalue weighted by molar-refractivity contribution is 5.79. The van der Waals surface area contributed by atoms with Crippen molar-refractivity contribution in [3.05, 3.63) is 60.1 Å². The van der Waals surface area contributed by atoms with Gasteiger partial charge in [0.2, 0.25) is 5.91 Å². The summed E-state index contributed by atoms with van der Waals surface area (Å²) in [4.78, 5) is 15.1. The number of nitrogens with one attached hydrogen (secondary N) is 1. The lowest BCUT2D eigenvalue weighted by atomic mass is 9.89. The van der Waals surface area contributed by atoms with E-state index >= 15 is 0 Å². The largest absolute Gasteiger partial charge is 0.467 e. The molecule has 0 bridgehead atoms. The Labute approximate surface area is 154 Å². The van der Waals surface area contributed by atoms with Crippen molar-refractivity contribution in [2.24, 2.45) is 5.92 Å². The van der Waals surface area contributed by atoms with E-state index in [0.29, 0.717) is 12.6 Å². The molecule has 1 amide bonds. The molecule has 1 aromatic carbocycles. The van der Waals surface area contributed by atoms with Gasteiger partial charge in [-0.2, -0.15) is 0 Å². The molecule has 2 aliphatic rings. The Hall–Kier alpha value is -2.11. The van der Waals surface area contributed by atoms with Crippen molar-refractivity contribution in [1.82, 2.24) is 10.2 Å². The van der Waals surface area contributed by atoms with Crippen LogP contribution in [0.1, 0.15) is 24.2 Å². The second kappa shape index (κ2) is 8.06. The molecule has 5 nitrogen and oxygen atoms in total. The summed E-state index contributed by atoms with van der Waals surface area (Å²) in [5, 5.41) is 3.01. The van der Waals surface area contributed by atoms with Gasteiger partial charge >= 0.3 is 0 Å². The van der Waals surface area contributed by atoms with Crippen LogP contribution < -0.4 is 5.32 Å². The lowest BCUT2D eigenvalue weighted by molar-refractivity contribution is -0.129. The second-order valence-electron chi connectivity index (χ2n) is 7.23. The molecule has 2 fully saturated rings. The number of furan rings is 1. The summed E-state index contributed by atoms with van der Waals surface area (Å²) < 4.78 is 11.2. The topological polar surface area (TPSA) is 54.7 Å². The SMILES string of the molecule is O=C(NCc1ccco1)[C@H]1C[C@H]2OCC[C@H]2N(CCc2ccccc2)C1. The molecule has 26 heavy (non-hydrogen) atoms. The van der Waals surface area contributed by atoms with E-state index < -0.39 is 0 Å². The van der Waals surface area contributed by atoms with Gasteiger partial charge in [0.15, 0.2) is 0 Å². The summed E-state index contributed by atoms with van der Waals surface area (Å²) in [5.41, 5.74) is 1.34. The zero-order valence-corrected chi connectivity index (χ0v) is 15.0. The number of hydrogen-bond donors (Lipinski definition) is 1. The Morgan fingerprint density at radius 1 is 1.19 bits per heavy atom. The van der Waals surface area contributed by atoms with E-state index in [9.17, 15) is 4.79 Å². The molecular weight excluding hydrogens is 328 g/mol. The number of carbonyl (C=O) groups excluding carboxylic acids is 1. The number of piperidine rings is 1. The fourth-order valence-corrected chi connectivity index (χ4v) is 4.15. The van der Waals surface area contributed by atoms with Gasteiger partial charge in [-0.05, 0) is 37.0 Å². The molecule has 4 rings (SSSR count). The highest BCUT2D eigenvalue weighted by Crippen LogP contribution is 2.31. The van der Waals surface area contributed by atoms with Gasteiger partial charge in [-0.1, -0.05) is 30.3 Å². The molecule has 2 aromatic rings. The molecule has 0 aliphatic carbocycles. The van der Waals surface area contributed by atoms with Crippen molar-refractivity contribution >= 4 is 5.91 Å².